The van der Waals surface area contributed by atoms with Crippen LogP contribution in [-0.2, 0) is 6.18 Å². The van der Waals surface area contributed by atoms with E-state index in [1.165, 1.54) is 0 Å². The van der Waals surface area contributed by atoms with Crippen molar-refractivity contribution in [3.63, 3.8) is 0 Å². The third-order valence-corrected chi connectivity index (χ3v) is 2.73. The van der Waals surface area contributed by atoms with E-state index in [4.69, 9.17) is 11.6 Å². The number of hydrogen-bond acceptors (Lipinski definition) is 4. The summed E-state index contributed by atoms with van der Waals surface area (Å²) in [5.41, 5.74) is 0. The largest absolute Gasteiger partial charge is 0.445 e. The van der Waals surface area contributed by atoms with Crippen LogP contribution in [0.25, 0.3) is 0 Å². The van der Waals surface area contributed by atoms with E-state index in [0.29, 0.717) is 17.9 Å². The SMILES string of the molecule is CC(Cl)CN(C)c1nnc(C(F)(F)F)s1. The molecular formula is C7H9ClF3N3S. The fourth-order valence-corrected chi connectivity index (χ4v) is 1.83. The molecule has 0 fully saturated rings. The Morgan fingerprint density at radius 2 is 2.07 bits per heavy atom. The topological polar surface area (TPSA) is 29.0 Å². The van der Waals surface area contributed by atoms with Crippen LogP contribution in [0.4, 0.5) is 18.3 Å². The van der Waals surface area contributed by atoms with Crippen molar-refractivity contribution in [1.82, 2.24) is 10.2 Å². The van der Waals surface area contributed by atoms with E-state index in [1.807, 2.05) is 0 Å². The minimum absolute atomic E-state index is 0.159. The van der Waals surface area contributed by atoms with Crippen LogP contribution in [0.2, 0.25) is 0 Å². The molecule has 1 aromatic rings. The monoisotopic (exact) mass is 259 g/mol. The molecule has 15 heavy (non-hydrogen) atoms. The van der Waals surface area contributed by atoms with Crippen LogP contribution in [0.1, 0.15) is 11.9 Å². The molecule has 3 nitrogen and oxygen atoms in total. The first kappa shape index (κ1) is 12.5. The van der Waals surface area contributed by atoms with Crippen molar-refractivity contribution < 1.29 is 13.2 Å². The molecule has 0 saturated carbocycles. The first-order valence-electron chi connectivity index (χ1n) is 4.06. The molecule has 0 amide bonds. The standard InChI is InChI=1S/C7H9ClF3N3S/c1-4(8)3-14(2)6-13-12-5(15-6)7(9,10)11/h4H,3H2,1-2H3. The summed E-state index contributed by atoms with van der Waals surface area (Å²) >= 11 is 6.22. The van der Waals surface area contributed by atoms with Crippen LogP contribution in [0.15, 0.2) is 0 Å². The van der Waals surface area contributed by atoms with E-state index in [-0.39, 0.29) is 10.5 Å². The molecule has 0 aromatic carbocycles. The van der Waals surface area contributed by atoms with Gasteiger partial charge in [-0.25, -0.2) is 0 Å². The summed E-state index contributed by atoms with van der Waals surface area (Å²) in [6.45, 7) is 2.18. The number of nitrogens with zero attached hydrogens (tertiary/aromatic N) is 3. The van der Waals surface area contributed by atoms with Gasteiger partial charge >= 0.3 is 6.18 Å². The van der Waals surface area contributed by atoms with Crippen LogP contribution in [-0.4, -0.2) is 29.2 Å². The predicted molar refractivity (Wildman–Crippen MR) is 53.5 cm³/mol. The number of halogens is 4. The lowest BCUT2D eigenvalue weighted by Gasteiger charge is -2.15. The van der Waals surface area contributed by atoms with Gasteiger partial charge in [-0.1, -0.05) is 11.3 Å². The average molecular weight is 260 g/mol. The highest BCUT2D eigenvalue weighted by atomic mass is 35.5. The Morgan fingerprint density at radius 3 is 2.47 bits per heavy atom. The molecule has 0 aliphatic heterocycles. The summed E-state index contributed by atoms with van der Waals surface area (Å²) in [4.78, 5) is 1.55. The summed E-state index contributed by atoms with van der Waals surface area (Å²) < 4.78 is 36.6. The Bertz CT molecular complexity index is 326. The quantitative estimate of drug-likeness (QED) is 0.782. The van der Waals surface area contributed by atoms with E-state index >= 15 is 0 Å². The van der Waals surface area contributed by atoms with Gasteiger partial charge in [-0.2, -0.15) is 13.2 Å². The van der Waals surface area contributed by atoms with Gasteiger partial charge in [-0.15, -0.1) is 21.8 Å². The normalized spacial score (nSPS) is 14.0. The van der Waals surface area contributed by atoms with E-state index in [2.05, 4.69) is 10.2 Å². The van der Waals surface area contributed by atoms with Crippen LogP contribution in [0.3, 0.4) is 0 Å². The molecule has 1 aromatic heterocycles. The number of aromatic nitrogens is 2. The predicted octanol–water partition coefficient (Wildman–Crippen LogP) is 2.62. The highest BCUT2D eigenvalue weighted by Gasteiger charge is 2.36. The molecule has 0 bridgehead atoms. The van der Waals surface area contributed by atoms with Crippen LogP contribution in [0, 0.1) is 0 Å². The van der Waals surface area contributed by atoms with Crippen molar-refractivity contribution >= 4 is 28.1 Å². The van der Waals surface area contributed by atoms with Gasteiger partial charge < -0.3 is 4.90 Å². The number of alkyl halides is 4. The van der Waals surface area contributed by atoms with E-state index in [9.17, 15) is 13.2 Å². The molecule has 0 saturated heterocycles. The van der Waals surface area contributed by atoms with Crippen LogP contribution < -0.4 is 4.90 Å². The number of hydrogen-bond donors (Lipinski definition) is 0. The molecule has 1 atom stereocenters. The fourth-order valence-electron chi connectivity index (χ4n) is 0.940. The summed E-state index contributed by atoms with van der Waals surface area (Å²) in [6.07, 6.45) is -4.43. The van der Waals surface area contributed by atoms with Crippen molar-refractivity contribution in [3.8, 4) is 0 Å². The summed E-state index contributed by atoms with van der Waals surface area (Å²) in [5, 5.41) is 5.65. The van der Waals surface area contributed by atoms with Gasteiger partial charge in [-0.05, 0) is 6.92 Å². The lowest BCUT2D eigenvalue weighted by molar-refractivity contribution is -0.138. The Hall–Kier alpha value is -0.560. The summed E-state index contributed by atoms with van der Waals surface area (Å²) in [7, 11) is 1.62. The van der Waals surface area contributed by atoms with Gasteiger partial charge in [0.15, 0.2) is 0 Å². The van der Waals surface area contributed by atoms with Crippen molar-refractivity contribution in [2.24, 2.45) is 0 Å². The van der Waals surface area contributed by atoms with Gasteiger partial charge in [0.05, 0.1) is 0 Å². The van der Waals surface area contributed by atoms with Gasteiger partial charge in [0.25, 0.3) is 0 Å². The minimum Gasteiger partial charge on any atom is -0.348 e. The molecule has 0 N–H and O–H groups in total. The Labute approximate surface area is 93.9 Å². The van der Waals surface area contributed by atoms with Crippen molar-refractivity contribution in [3.05, 3.63) is 5.01 Å². The zero-order valence-corrected chi connectivity index (χ0v) is 9.62. The minimum atomic E-state index is -4.43. The maximum Gasteiger partial charge on any atom is 0.445 e. The average Bonchev–Trinajstić information content (AvgIpc) is 2.48. The molecule has 0 aliphatic rings. The Balaban J connectivity index is 2.76. The third kappa shape index (κ3) is 3.49. The Morgan fingerprint density at radius 1 is 1.47 bits per heavy atom. The lowest BCUT2D eigenvalue weighted by Crippen LogP contribution is -2.23. The van der Waals surface area contributed by atoms with Gasteiger partial charge in [0, 0.05) is 19.0 Å². The molecule has 1 rings (SSSR count). The second kappa shape index (κ2) is 4.52. The second-order valence-electron chi connectivity index (χ2n) is 3.05. The molecule has 0 radical (unpaired) electrons. The lowest BCUT2D eigenvalue weighted by atomic mass is 10.4. The van der Waals surface area contributed by atoms with Crippen LogP contribution in [0.5, 0.6) is 0 Å². The third-order valence-electron chi connectivity index (χ3n) is 1.51. The molecule has 86 valence electrons. The highest BCUT2D eigenvalue weighted by molar-refractivity contribution is 7.15. The first-order chi connectivity index (χ1) is 6.80. The summed E-state index contributed by atoms with van der Waals surface area (Å²) in [6, 6.07) is 0. The molecular weight excluding hydrogens is 251 g/mol. The number of rotatable bonds is 3. The molecule has 1 heterocycles. The van der Waals surface area contributed by atoms with Crippen LogP contribution >= 0.6 is 22.9 Å². The maximum atomic E-state index is 12.2. The molecule has 0 spiro atoms. The first-order valence-corrected chi connectivity index (χ1v) is 5.32. The van der Waals surface area contributed by atoms with Crippen molar-refractivity contribution in [2.45, 2.75) is 18.5 Å². The molecule has 8 heteroatoms. The molecule has 1 unspecified atom stereocenters. The fraction of sp³-hybridized carbons (Fsp3) is 0.714. The Kier molecular flexibility index (Phi) is 3.77. The van der Waals surface area contributed by atoms with Gasteiger partial charge in [0.1, 0.15) is 0 Å². The second-order valence-corrected chi connectivity index (χ2v) is 4.75. The summed E-state index contributed by atoms with van der Waals surface area (Å²) in [5.74, 6) is 0. The van der Waals surface area contributed by atoms with E-state index in [0.717, 1.165) is 0 Å². The zero-order valence-electron chi connectivity index (χ0n) is 8.05. The van der Waals surface area contributed by atoms with E-state index < -0.39 is 11.2 Å². The molecule has 0 aliphatic carbocycles. The maximum absolute atomic E-state index is 12.2. The zero-order chi connectivity index (χ0) is 11.6. The van der Waals surface area contributed by atoms with E-state index in [1.54, 1.807) is 18.9 Å². The van der Waals surface area contributed by atoms with Crippen molar-refractivity contribution in [2.75, 3.05) is 18.5 Å². The van der Waals surface area contributed by atoms with Gasteiger partial charge in [0.2, 0.25) is 10.1 Å². The number of anilines is 1. The van der Waals surface area contributed by atoms with Gasteiger partial charge in [-0.3, -0.25) is 0 Å². The smallest absolute Gasteiger partial charge is 0.348 e. The highest BCUT2D eigenvalue weighted by Crippen LogP contribution is 2.33. The van der Waals surface area contributed by atoms with Crippen molar-refractivity contribution in [1.29, 1.82) is 0 Å².